The largest absolute Gasteiger partial charge is 0.332 e. The fourth-order valence-corrected chi connectivity index (χ4v) is 2.56. The molecule has 1 saturated carbocycles. The SMILES string of the molecule is Cc1nn(C2CCC2)cc1-c1nc(Nc2ccccc2)no1. The Balaban J connectivity index is 1.57. The third kappa shape index (κ3) is 2.36. The maximum atomic E-state index is 5.37. The number of aryl methyl sites for hydroxylation is 1. The van der Waals surface area contributed by atoms with Gasteiger partial charge in [-0.2, -0.15) is 10.1 Å². The molecule has 0 bridgehead atoms. The highest BCUT2D eigenvalue weighted by Gasteiger charge is 2.23. The third-order valence-corrected chi connectivity index (χ3v) is 4.05. The van der Waals surface area contributed by atoms with Crippen molar-refractivity contribution in [2.24, 2.45) is 0 Å². The van der Waals surface area contributed by atoms with Gasteiger partial charge in [-0.05, 0) is 43.5 Å². The number of aromatic nitrogens is 4. The van der Waals surface area contributed by atoms with Gasteiger partial charge in [0, 0.05) is 11.9 Å². The molecule has 3 aromatic rings. The van der Waals surface area contributed by atoms with Crippen molar-refractivity contribution < 1.29 is 4.52 Å². The van der Waals surface area contributed by atoms with Crippen molar-refractivity contribution in [2.75, 3.05) is 5.32 Å². The molecule has 6 heteroatoms. The quantitative estimate of drug-likeness (QED) is 0.794. The minimum atomic E-state index is 0.456. The maximum Gasteiger partial charge on any atom is 0.268 e. The number of hydrogen-bond acceptors (Lipinski definition) is 5. The Morgan fingerprint density at radius 2 is 2.05 bits per heavy atom. The topological polar surface area (TPSA) is 68.8 Å². The van der Waals surface area contributed by atoms with E-state index in [1.54, 1.807) is 0 Å². The van der Waals surface area contributed by atoms with Crippen molar-refractivity contribution in [3.05, 3.63) is 42.2 Å². The van der Waals surface area contributed by atoms with Crippen molar-refractivity contribution >= 4 is 11.6 Å². The molecule has 0 radical (unpaired) electrons. The Labute approximate surface area is 128 Å². The Morgan fingerprint density at radius 1 is 1.23 bits per heavy atom. The van der Waals surface area contributed by atoms with Crippen LogP contribution in [0.25, 0.3) is 11.5 Å². The van der Waals surface area contributed by atoms with Gasteiger partial charge in [0.25, 0.3) is 11.8 Å². The monoisotopic (exact) mass is 295 g/mol. The van der Waals surface area contributed by atoms with Crippen LogP contribution in [0.2, 0.25) is 0 Å². The highest BCUT2D eigenvalue weighted by atomic mass is 16.5. The van der Waals surface area contributed by atoms with Crippen molar-refractivity contribution in [1.82, 2.24) is 19.9 Å². The molecule has 0 atom stereocenters. The standard InChI is InChI=1S/C16H17N5O/c1-11-14(10-21(19-11)13-8-5-9-13)15-18-16(20-22-15)17-12-6-3-2-4-7-12/h2-4,6-7,10,13H,5,8-9H2,1H3,(H,17,20). The van der Waals surface area contributed by atoms with E-state index in [4.69, 9.17) is 4.52 Å². The summed E-state index contributed by atoms with van der Waals surface area (Å²) in [5.41, 5.74) is 2.75. The van der Waals surface area contributed by atoms with Crippen LogP contribution < -0.4 is 5.32 Å². The second kappa shape index (κ2) is 5.29. The predicted octanol–water partition coefficient (Wildman–Crippen LogP) is 3.71. The van der Waals surface area contributed by atoms with E-state index in [1.165, 1.54) is 19.3 Å². The summed E-state index contributed by atoms with van der Waals surface area (Å²) in [6, 6.07) is 10.3. The van der Waals surface area contributed by atoms with Crippen LogP contribution in [0.5, 0.6) is 0 Å². The highest BCUT2D eigenvalue weighted by Crippen LogP contribution is 2.33. The fourth-order valence-electron chi connectivity index (χ4n) is 2.56. The molecule has 6 nitrogen and oxygen atoms in total. The van der Waals surface area contributed by atoms with E-state index in [2.05, 4.69) is 20.6 Å². The van der Waals surface area contributed by atoms with Gasteiger partial charge in [0.15, 0.2) is 0 Å². The second-order valence-corrected chi connectivity index (χ2v) is 5.61. The van der Waals surface area contributed by atoms with Crippen LogP contribution >= 0.6 is 0 Å². The van der Waals surface area contributed by atoms with Gasteiger partial charge in [-0.1, -0.05) is 18.2 Å². The third-order valence-electron chi connectivity index (χ3n) is 4.05. The molecule has 2 aromatic heterocycles. The van der Waals surface area contributed by atoms with Gasteiger partial charge in [0.1, 0.15) is 0 Å². The molecule has 1 aliphatic carbocycles. The van der Waals surface area contributed by atoms with Crippen molar-refractivity contribution in [3.63, 3.8) is 0 Å². The van der Waals surface area contributed by atoms with Crippen LogP contribution in [0.1, 0.15) is 31.0 Å². The van der Waals surface area contributed by atoms with Gasteiger partial charge in [0.2, 0.25) is 0 Å². The zero-order valence-electron chi connectivity index (χ0n) is 12.4. The Hall–Kier alpha value is -2.63. The number of hydrogen-bond donors (Lipinski definition) is 1. The van der Waals surface area contributed by atoms with E-state index in [-0.39, 0.29) is 0 Å². The van der Waals surface area contributed by atoms with E-state index in [0.29, 0.717) is 17.9 Å². The first kappa shape index (κ1) is 13.1. The summed E-state index contributed by atoms with van der Waals surface area (Å²) in [6.45, 7) is 1.97. The summed E-state index contributed by atoms with van der Waals surface area (Å²) in [7, 11) is 0. The Kier molecular flexibility index (Phi) is 3.14. The van der Waals surface area contributed by atoms with E-state index in [0.717, 1.165) is 16.9 Å². The van der Waals surface area contributed by atoms with Crippen LogP contribution in [-0.4, -0.2) is 19.9 Å². The molecular weight excluding hydrogens is 278 g/mol. The molecule has 0 aliphatic heterocycles. The van der Waals surface area contributed by atoms with E-state index < -0.39 is 0 Å². The zero-order valence-corrected chi connectivity index (χ0v) is 12.4. The molecule has 0 amide bonds. The zero-order chi connectivity index (χ0) is 14.9. The normalized spacial score (nSPS) is 14.8. The molecule has 22 heavy (non-hydrogen) atoms. The average molecular weight is 295 g/mol. The van der Waals surface area contributed by atoms with Gasteiger partial charge < -0.3 is 9.84 Å². The Bertz CT molecular complexity index is 773. The smallest absolute Gasteiger partial charge is 0.268 e. The fraction of sp³-hybridized carbons (Fsp3) is 0.312. The molecule has 1 fully saturated rings. The molecule has 112 valence electrons. The number of nitrogens with zero attached hydrogens (tertiary/aromatic N) is 4. The highest BCUT2D eigenvalue weighted by molar-refractivity contribution is 5.58. The average Bonchev–Trinajstić information content (AvgIpc) is 3.05. The predicted molar refractivity (Wildman–Crippen MR) is 82.9 cm³/mol. The summed E-state index contributed by atoms with van der Waals surface area (Å²) in [4.78, 5) is 4.41. The molecule has 1 aliphatic rings. The second-order valence-electron chi connectivity index (χ2n) is 5.61. The van der Waals surface area contributed by atoms with Gasteiger partial charge >= 0.3 is 0 Å². The van der Waals surface area contributed by atoms with Crippen LogP contribution in [0.3, 0.4) is 0 Å². The molecule has 4 rings (SSSR count). The summed E-state index contributed by atoms with van der Waals surface area (Å²) in [5, 5.41) is 11.7. The summed E-state index contributed by atoms with van der Waals surface area (Å²) in [5.74, 6) is 0.957. The molecule has 2 heterocycles. The van der Waals surface area contributed by atoms with Crippen LogP contribution in [-0.2, 0) is 0 Å². The number of nitrogens with one attached hydrogen (secondary N) is 1. The minimum Gasteiger partial charge on any atom is -0.332 e. The first-order valence-corrected chi connectivity index (χ1v) is 7.51. The number of rotatable bonds is 4. The summed E-state index contributed by atoms with van der Waals surface area (Å²) < 4.78 is 7.40. The Morgan fingerprint density at radius 3 is 2.77 bits per heavy atom. The van der Waals surface area contributed by atoms with Gasteiger partial charge in [0.05, 0.1) is 17.3 Å². The van der Waals surface area contributed by atoms with Crippen LogP contribution in [0, 0.1) is 6.92 Å². The minimum absolute atomic E-state index is 0.456. The van der Waals surface area contributed by atoms with Gasteiger partial charge in [-0.15, -0.1) is 0 Å². The van der Waals surface area contributed by atoms with Crippen LogP contribution in [0.4, 0.5) is 11.6 Å². The van der Waals surface area contributed by atoms with E-state index in [9.17, 15) is 0 Å². The number of para-hydroxylation sites is 1. The molecule has 0 saturated heterocycles. The molecular formula is C16H17N5O. The van der Waals surface area contributed by atoms with Gasteiger partial charge in [-0.25, -0.2) is 0 Å². The molecule has 0 unspecified atom stereocenters. The molecule has 1 N–H and O–H groups in total. The van der Waals surface area contributed by atoms with E-state index in [1.807, 2.05) is 48.1 Å². The lowest BCUT2D eigenvalue weighted by Crippen LogP contribution is -2.17. The first-order chi connectivity index (χ1) is 10.8. The molecule has 1 aromatic carbocycles. The van der Waals surface area contributed by atoms with E-state index >= 15 is 0 Å². The number of benzene rings is 1. The van der Waals surface area contributed by atoms with Crippen LogP contribution in [0.15, 0.2) is 41.1 Å². The number of anilines is 2. The lowest BCUT2D eigenvalue weighted by Gasteiger charge is -2.25. The summed E-state index contributed by atoms with van der Waals surface area (Å²) >= 11 is 0. The van der Waals surface area contributed by atoms with Crippen molar-refractivity contribution in [3.8, 4) is 11.5 Å². The van der Waals surface area contributed by atoms with Crippen molar-refractivity contribution in [2.45, 2.75) is 32.2 Å². The lowest BCUT2D eigenvalue weighted by atomic mass is 9.93. The lowest BCUT2D eigenvalue weighted by molar-refractivity contribution is 0.288. The summed E-state index contributed by atoms with van der Waals surface area (Å²) in [6.07, 6.45) is 5.69. The maximum absolute atomic E-state index is 5.37. The van der Waals surface area contributed by atoms with Crippen molar-refractivity contribution in [1.29, 1.82) is 0 Å². The first-order valence-electron chi connectivity index (χ1n) is 7.51. The van der Waals surface area contributed by atoms with Gasteiger partial charge in [-0.3, -0.25) is 4.68 Å². The molecule has 0 spiro atoms.